The maximum absolute atomic E-state index is 5.21. The Morgan fingerprint density at radius 1 is 1.36 bits per heavy atom. The van der Waals surface area contributed by atoms with Crippen LogP contribution in [-0.4, -0.2) is 40.0 Å². The predicted molar refractivity (Wildman–Crippen MR) is 41.4 cm³/mol. The molecule has 0 N–H and O–H groups in total. The quantitative estimate of drug-likeness (QED) is 0.644. The molecule has 0 spiro atoms. The Labute approximate surface area is 94.1 Å². The fraction of sp³-hybridized carbons (Fsp3) is 1.00. The monoisotopic (exact) mass is 235 g/mol. The van der Waals surface area contributed by atoms with Crippen LogP contribution in [0.1, 0.15) is 6.92 Å². The molecule has 0 heterocycles. The first-order valence-electron chi connectivity index (χ1n) is 3.47. The van der Waals surface area contributed by atoms with Gasteiger partial charge in [-0.2, -0.15) is 7.05 Å². The van der Waals surface area contributed by atoms with Gasteiger partial charge in [-0.3, -0.25) is 0 Å². The molecule has 3 nitrogen and oxygen atoms in total. The van der Waals surface area contributed by atoms with Crippen molar-refractivity contribution in [1.82, 2.24) is 0 Å². The first-order valence-corrected chi connectivity index (χ1v) is 3.47. The third kappa shape index (κ3) is 11.0. The molecule has 0 aromatic heterocycles. The molecule has 0 saturated carbocycles. The predicted octanol–water partition coefficient (Wildman–Crippen LogP) is 1.04. The third-order valence-corrected chi connectivity index (χ3v) is 1.23. The van der Waals surface area contributed by atoms with Crippen LogP contribution in [0.2, 0.25) is 0 Å². The minimum Gasteiger partial charge on any atom is -0.661 e. The summed E-state index contributed by atoms with van der Waals surface area (Å²) in [6.45, 7) is 4.04. The van der Waals surface area contributed by atoms with E-state index in [9.17, 15) is 0 Å². The van der Waals surface area contributed by atoms with Crippen LogP contribution in [0.3, 0.4) is 0 Å². The molecule has 1 radical (unpaired) electrons. The van der Waals surface area contributed by atoms with Crippen LogP contribution in [0.25, 0.3) is 5.32 Å². The average Bonchev–Trinajstić information content (AvgIpc) is 1.98. The van der Waals surface area contributed by atoms with E-state index in [4.69, 9.17) is 9.47 Å². The molecule has 0 amide bonds. The summed E-state index contributed by atoms with van der Waals surface area (Å²) in [6, 6.07) is 0.303. The van der Waals surface area contributed by atoms with Gasteiger partial charge in [-0.05, 0) is 0 Å². The van der Waals surface area contributed by atoms with E-state index in [2.05, 4.69) is 5.32 Å². The Hall–Kier alpha value is 0.984. The molecule has 4 heteroatoms. The molecular formula is C7H16NO2Y-. The van der Waals surface area contributed by atoms with E-state index < -0.39 is 0 Å². The summed E-state index contributed by atoms with van der Waals surface area (Å²) in [5, 5.41) is 4.02. The van der Waals surface area contributed by atoms with E-state index in [-0.39, 0.29) is 32.7 Å². The summed E-state index contributed by atoms with van der Waals surface area (Å²) in [5.41, 5.74) is 0. The molecular weight excluding hydrogens is 219 g/mol. The summed E-state index contributed by atoms with van der Waals surface area (Å²) >= 11 is 0. The van der Waals surface area contributed by atoms with Gasteiger partial charge >= 0.3 is 0 Å². The molecule has 0 aliphatic carbocycles. The molecule has 0 saturated heterocycles. The Kier molecular flexibility index (Phi) is 14.5. The van der Waals surface area contributed by atoms with Gasteiger partial charge in [-0.1, -0.05) is 6.92 Å². The van der Waals surface area contributed by atoms with Crippen LogP contribution in [0.4, 0.5) is 0 Å². The maximum atomic E-state index is 5.21. The van der Waals surface area contributed by atoms with Gasteiger partial charge < -0.3 is 14.8 Å². The van der Waals surface area contributed by atoms with Crippen LogP contribution in [0, 0.1) is 0 Å². The summed E-state index contributed by atoms with van der Waals surface area (Å²) in [7, 11) is 3.46. The molecule has 0 aromatic rings. The molecule has 0 bridgehead atoms. The van der Waals surface area contributed by atoms with Gasteiger partial charge in [0.25, 0.3) is 0 Å². The molecule has 0 rings (SSSR count). The summed E-state index contributed by atoms with van der Waals surface area (Å²) in [6.07, 6.45) is 0. The van der Waals surface area contributed by atoms with Crippen LogP contribution in [-0.2, 0) is 42.2 Å². The largest absolute Gasteiger partial charge is 0.661 e. The van der Waals surface area contributed by atoms with Gasteiger partial charge in [-0.15, -0.1) is 6.04 Å². The molecule has 11 heavy (non-hydrogen) atoms. The molecule has 65 valence electrons. The smallest absolute Gasteiger partial charge is 0.0699 e. The SMILES string of the molecule is C[N-]C(C)COCCOC.[Y]. The van der Waals surface area contributed by atoms with Gasteiger partial charge in [0.2, 0.25) is 0 Å². The minimum absolute atomic E-state index is 0. The maximum Gasteiger partial charge on any atom is 0.0699 e. The summed E-state index contributed by atoms with van der Waals surface area (Å²) in [5.74, 6) is 0. The van der Waals surface area contributed by atoms with Gasteiger partial charge in [0.05, 0.1) is 13.2 Å². The van der Waals surface area contributed by atoms with Crippen molar-refractivity contribution in [2.45, 2.75) is 13.0 Å². The zero-order valence-electron chi connectivity index (χ0n) is 7.54. The topological polar surface area (TPSA) is 32.6 Å². The van der Waals surface area contributed by atoms with Crippen molar-refractivity contribution in [2.75, 3.05) is 34.0 Å². The molecule has 0 aliphatic rings. The molecule has 0 aliphatic heterocycles. The van der Waals surface area contributed by atoms with Gasteiger partial charge in [0, 0.05) is 46.4 Å². The van der Waals surface area contributed by atoms with Crippen molar-refractivity contribution < 1.29 is 42.2 Å². The summed E-state index contributed by atoms with van der Waals surface area (Å²) in [4.78, 5) is 0. The van der Waals surface area contributed by atoms with Crippen molar-refractivity contribution in [3.63, 3.8) is 0 Å². The second kappa shape index (κ2) is 11.0. The van der Waals surface area contributed by atoms with E-state index >= 15 is 0 Å². The van der Waals surface area contributed by atoms with Crippen LogP contribution >= 0.6 is 0 Å². The van der Waals surface area contributed by atoms with Gasteiger partial charge in [-0.25, -0.2) is 0 Å². The second-order valence-corrected chi connectivity index (χ2v) is 2.17. The van der Waals surface area contributed by atoms with Crippen LogP contribution < -0.4 is 0 Å². The normalized spacial score (nSPS) is 12.3. The zero-order valence-corrected chi connectivity index (χ0v) is 10.4. The zero-order chi connectivity index (χ0) is 7.82. The number of hydrogen-bond donors (Lipinski definition) is 0. The van der Waals surface area contributed by atoms with Crippen molar-refractivity contribution in [1.29, 1.82) is 0 Å². The van der Waals surface area contributed by atoms with Crippen molar-refractivity contribution in [3.8, 4) is 0 Å². The number of hydrogen-bond acceptors (Lipinski definition) is 2. The van der Waals surface area contributed by atoms with Gasteiger partial charge in [0.15, 0.2) is 0 Å². The van der Waals surface area contributed by atoms with E-state index in [1.54, 1.807) is 14.2 Å². The van der Waals surface area contributed by atoms with E-state index in [0.717, 1.165) is 0 Å². The van der Waals surface area contributed by atoms with Crippen molar-refractivity contribution >= 4 is 0 Å². The minimum atomic E-state index is 0. The van der Waals surface area contributed by atoms with Crippen LogP contribution in [0.15, 0.2) is 0 Å². The molecule has 0 fully saturated rings. The van der Waals surface area contributed by atoms with Crippen molar-refractivity contribution in [3.05, 3.63) is 5.32 Å². The average molecular weight is 235 g/mol. The molecule has 0 aromatic carbocycles. The number of rotatable bonds is 6. The molecule has 1 unspecified atom stereocenters. The van der Waals surface area contributed by atoms with Crippen LogP contribution in [0.5, 0.6) is 0 Å². The first kappa shape index (κ1) is 14.5. The molecule has 1 atom stereocenters. The standard InChI is InChI=1S/C7H16NO2.Y/c1-7(8-2)6-10-5-4-9-3;/h7H,4-6H2,1-3H3;/q-1;. The van der Waals surface area contributed by atoms with E-state index in [0.29, 0.717) is 25.9 Å². The fourth-order valence-corrected chi connectivity index (χ4v) is 0.471. The number of nitrogens with zero attached hydrogens (tertiary/aromatic N) is 1. The first-order chi connectivity index (χ1) is 4.81. The Balaban J connectivity index is 0. The Bertz CT molecular complexity index is 73.5. The second-order valence-electron chi connectivity index (χ2n) is 2.17. The number of methoxy groups -OCH3 is 1. The Morgan fingerprint density at radius 2 is 2.00 bits per heavy atom. The van der Waals surface area contributed by atoms with Crippen molar-refractivity contribution in [2.24, 2.45) is 0 Å². The number of ether oxygens (including phenoxy) is 2. The van der Waals surface area contributed by atoms with E-state index in [1.165, 1.54) is 0 Å². The summed E-state index contributed by atoms with van der Waals surface area (Å²) < 4.78 is 10.0. The fourth-order valence-electron chi connectivity index (χ4n) is 0.471. The third-order valence-electron chi connectivity index (χ3n) is 1.23. The Morgan fingerprint density at radius 3 is 2.45 bits per heavy atom. The van der Waals surface area contributed by atoms with Gasteiger partial charge in [0.1, 0.15) is 0 Å². The number of likely N-dealkylation sites (N-methyl/N-ethyl adjacent to an activating group) is 1. The van der Waals surface area contributed by atoms with E-state index in [1.807, 2.05) is 6.92 Å².